The smallest absolute Gasteiger partial charge is 0.211 e. The Balaban J connectivity index is 1.80. The number of hydrogen-bond acceptors (Lipinski definition) is 5. The summed E-state index contributed by atoms with van der Waals surface area (Å²) >= 11 is 1.55. The van der Waals surface area contributed by atoms with Gasteiger partial charge in [-0.2, -0.15) is 10.4 Å². The lowest BCUT2D eigenvalue weighted by atomic mass is 9.68. The van der Waals surface area contributed by atoms with E-state index in [-0.39, 0.29) is 11.7 Å². The number of nitriles is 1. The Kier molecular flexibility index (Phi) is 3.17. The van der Waals surface area contributed by atoms with Crippen molar-refractivity contribution >= 4 is 27.3 Å². The average molecular weight is 362 g/mol. The van der Waals surface area contributed by atoms with Crippen LogP contribution in [0.15, 0.2) is 24.3 Å². The van der Waals surface area contributed by atoms with E-state index < -0.39 is 5.41 Å². The highest BCUT2D eigenvalue weighted by molar-refractivity contribution is 7.20. The number of thiazole rings is 1. The number of fused-ring (bicyclic) bond motifs is 2. The number of aromatic nitrogens is 3. The normalized spacial score (nSPS) is 21.6. The first-order valence-corrected chi connectivity index (χ1v) is 9.73. The molecule has 5 nitrogen and oxygen atoms in total. The van der Waals surface area contributed by atoms with Gasteiger partial charge in [-0.15, -0.1) is 0 Å². The Morgan fingerprint density at radius 1 is 1.31 bits per heavy atom. The zero-order chi connectivity index (χ0) is 18.1. The van der Waals surface area contributed by atoms with Gasteiger partial charge in [0.25, 0.3) is 0 Å². The molecule has 1 fully saturated rings. The predicted molar refractivity (Wildman–Crippen MR) is 99.8 cm³/mol. The average Bonchev–Trinajstić information content (AvgIpc) is 3.22. The molecule has 0 amide bonds. The van der Waals surface area contributed by atoms with Crippen LogP contribution >= 0.6 is 11.3 Å². The van der Waals surface area contributed by atoms with Crippen LogP contribution in [0, 0.1) is 16.7 Å². The molecule has 1 aromatic carbocycles. The van der Waals surface area contributed by atoms with E-state index in [4.69, 9.17) is 10.1 Å². The number of benzene rings is 1. The van der Waals surface area contributed by atoms with Crippen LogP contribution in [-0.2, 0) is 0 Å². The highest BCUT2D eigenvalue weighted by Gasteiger charge is 2.47. The van der Waals surface area contributed by atoms with Crippen molar-refractivity contribution in [3.05, 3.63) is 41.2 Å². The predicted octanol–water partition coefficient (Wildman–Crippen LogP) is 4.58. The summed E-state index contributed by atoms with van der Waals surface area (Å²) in [5.74, 6) is 0.0943. The fourth-order valence-electron chi connectivity index (χ4n) is 3.95. The molecule has 1 saturated carbocycles. The van der Waals surface area contributed by atoms with E-state index in [1.54, 1.807) is 16.0 Å². The van der Waals surface area contributed by atoms with Gasteiger partial charge in [-0.1, -0.05) is 37.3 Å². The highest BCUT2D eigenvalue weighted by Crippen LogP contribution is 2.50. The third kappa shape index (κ3) is 2.17. The van der Waals surface area contributed by atoms with Crippen molar-refractivity contribution in [1.82, 2.24) is 14.8 Å². The van der Waals surface area contributed by atoms with E-state index in [0.29, 0.717) is 17.9 Å². The Morgan fingerprint density at radius 3 is 2.77 bits per heavy atom. The summed E-state index contributed by atoms with van der Waals surface area (Å²) in [6.45, 7) is 3.99. The third-order valence-electron chi connectivity index (χ3n) is 5.46. The summed E-state index contributed by atoms with van der Waals surface area (Å²) in [5.41, 5.74) is 2.82. The van der Waals surface area contributed by atoms with Crippen LogP contribution in [0.4, 0.5) is 0 Å². The lowest BCUT2D eigenvalue weighted by molar-refractivity contribution is 0.0898. The minimum absolute atomic E-state index is 0.116. The van der Waals surface area contributed by atoms with Gasteiger partial charge in [0, 0.05) is 12.3 Å². The van der Waals surface area contributed by atoms with Crippen molar-refractivity contribution in [1.29, 1.82) is 5.26 Å². The first-order valence-electron chi connectivity index (χ1n) is 8.91. The molecule has 2 aromatic heterocycles. The molecule has 0 N–H and O–H groups in total. The van der Waals surface area contributed by atoms with Crippen molar-refractivity contribution in [2.75, 3.05) is 0 Å². The molecule has 0 aliphatic heterocycles. The lowest BCUT2D eigenvalue weighted by Crippen LogP contribution is -2.32. The topological polar surface area (TPSA) is 71.6 Å². The molecule has 2 aliphatic carbocycles. The van der Waals surface area contributed by atoms with E-state index in [1.165, 1.54) is 0 Å². The van der Waals surface area contributed by atoms with E-state index in [2.05, 4.69) is 6.07 Å². The molecular formula is C20H18N4OS. The maximum Gasteiger partial charge on any atom is 0.211 e. The molecule has 0 bridgehead atoms. The monoisotopic (exact) mass is 362 g/mol. The van der Waals surface area contributed by atoms with Gasteiger partial charge in [-0.05, 0) is 30.4 Å². The summed E-state index contributed by atoms with van der Waals surface area (Å²) in [4.78, 5) is 17.7. The number of hydrogen-bond donors (Lipinski definition) is 0. The van der Waals surface area contributed by atoms with Gasteiger partial charge in [-0.3, -0.25) is 4.79 Å². The van der Waals surface area contributed by atoms with Crippen molar-refractivity contribution in [2.24, 2.45) is 5.41 Å². The third-order valence-corrected chi connectivity index (χ3v) is 6.47. The van der Waals surface area contributed by atoms with Crippen molar-refractivity contribution in [3.8, 4) is 11.2 Å². The van der Waals surface area contributed by atoms with Crippen LogP contribution in [0.2, 0.25) is 0 Å². The molecule has 130 valence electrons. The number of carbonyl (C=O) groups excluding carboxylic acids is 1. The largest absolute Gasteiger partial charge is 0.294 e. The van der Waals surface area contributed by atoms with Gasteiger partial charge >= 0.3 is 0 Å². The van der Waals surface area contributed by atoms with Crippen molar-refractivity contribution in [3.63, 3.8) is 0 Å². The first kappa shape index (κ1) is 15.7. The highest BCUT2D eigenvalue weighted by atomic mass is 32.1. The van der Waals surface area contributed by atoms with Crippen LogP contribution in [0.5, 0.6) is 0 Å². The lowest BCUT2D eigenvalue weighted by Gasteiger charge is -2.33. The van der Waals surface area contributed by atoms with E-state index >= 15 is 0 Å². The van der Waals surface area contributed by atoms with Gasteiger partial charge in [0.05, 0.1) is 39.2 Å². The van der Waals surface area contributed by atoms with Gasteiger partial charge in [-0.25, -0.2) is 9.67 Å². The number of rotatable bonds is 2. The Bertz CT molecular complexity index is 1060. The Hall–Kier alpha value is -2.52. The molecule has 3 aromatic rings. The van der Waals surface area contributed by atoms with Crippen molar-refractivity contribution < 1.29 is 4.79 Å². The van der Waals surface area contributed by atoms with Crippen LogP contribution < -0.4 is 0 Å². The molecule has 0 saturated heterocycles. The van der Waals surface area contributed by atoms with Gasteiger partial charge in [0.15, 0.2) is 5.78 Å². The zero-order valence-corrected chi connectivity index (χ0v) is 15.5. The minimum atomic E-state index is -0.409. The van der Waals surface area contributed by atoms with Gasteiger partial charge in [0.1, 0.15) is 0 Å². The maximum atomic E-state index is 13.0. The summed E-state index contributed by atoms with van der Waals surface area (Å²) in [5, 5.41) is 15.5. The minimum Gasteiger partial charge on any atom is -0.294 e. The van der Waals surface area contributed by atoms with Crippen LogP contribution in [0.25, 0.3) is 15.3 Å². The summed E-state index contributed by atoms with van der Waals surface area (Å²) in [6, 6.07) is 10.4. The summed E-state index contributed by atoms with van der Waals surface area (Å²) in [6.07, 6.45) is 2.53. The molecule has 0 spiro atoms. The SMILES string of the molecule is CC1(C)CC(=O)c2c(C3CC3)nn(-c3nc4ccccc4s3)c2C1C#N. The van der Waals surface area contributed by atoms with Gasteiger partial charge < -0.3 is 0 Å². The van der Waals surface area contributed by atoms with Crippen LogP contribution in [0.3, 0.4) is 0 Å². The molecule has 5 rings (SSSR count). The number of Topliss-reactive ketones (excluding diaryl/α,β-unsaturated/α-hetero) is 1. The second kappa shape index (κ2) is 5.24. The fourth-order valence-corrected chi connectivity index (χ4v) is 4.88. The molecule has 1 unspecified atom stereocenters. The van der Waals surface area contributed by atoms with E-state index in [1.807, 2.05) is 38.1 Å². The maximum absolute atomic E-state index is 13.0. The molecule has 26 heavy (non-hydrogen) atoms. The molecule has 2 heterocycles. The molecule has 6 heteroatoms. The zero-order valence-electron chi connectivity index (χ0n) is 14.7. The van der Waals surface area contributed by atoms with E-state index in [9.17, 15) is 10.1 Å². The second-order valence-electron chi connectivity index (χ2n) is 7.95. The standard InChI is InChI=1S/C20H18N4OS/c1-20(2)9-14(25)16-17(11-7-8-11)23-24(18(16)12(20)10-21)19-22-13-5-3-4-6-15(13)26-19/h3-6,11-12H,7-9H2,1-2H3. The number of para-hydroxylation sites is 1. The number of nitrogens with zero attached hydrogens (tertiary/aromatic N) is 4. The number of ketones is 1. The van der Waals surface area contributed by atoms with Gasteiger partial charge in [0.2, 0.25) is 5.13 Å². The Labute approximate surface area is 155 Å². The Morgan fingerprint density at radius 2 is 2.08 bits per heavy atom. The fraction of sp³-hybridized carbons (Fsp3) is 0.400. The quantitative estimate of drug-likeness (QED) is 0.669. The van der Waals surface area contributed by atoms with Crippen molar-refractivity contribution in [2.45, 2.75) is 44.9 Å². The molecule has 1 atom stereocenters. The van der Waals surface area contributed by atoms with Crippen LogP contribution in [0.1, 0.15) is 66.7 Å². The number of carbonyl (C=O) groups is 1. The summed E-state index contributed by atoms with van der Waals surface area (Å²) in [7, 11) is 0. The molecular weight excluding hydrogens is 344 g/mol. The second-order valence-corrected chi connectivity index (χ2v) is 8.96. The molecule has 0 radical (unpaired) electrons. The summed E-state index contributed by atoms with van der Waals surface area (Å²) < 4.78 is 2.87. The van der Waals surface area contributed by atoms with Crippen LogP contribution in [-0.4, -0.2) is 20.5 Å². The van der Waals surface area contributed by atoms with E-state index in [0.717, 1.165) is 39.6 Å². The molecule has 2 aliphatic rings. The first-order chi connectivity index (χ1) is 12.5.